The van der Waals surface area contributed by atoms with Crippen molar-refractivity contribution >= 4 is 0 Å². The molecule has 0 aliphatic rings. The SMILES string of the molecule is CCc1nc([C@@H](N)C(C)(C)C)n[nH]1. The molecule has 0 spiro atoms. The number of rotatable bonds is 2. The smallest absolute Gasteiger partial charge is 0.167 e. The summed E-state index contributed by atoms with van der Waals surface area (Å²) >= 11 is 0. The average Bonchev–Trinajstić information content (AvgIpc) is 2.48. The van der Waals surface area contributed by atoms with Crippen molar-refractivity contribution in [2.75, 3.05) is 0 Å². The number of aromatic nitrogens is 3. The molecule has 0 saturated heterocycles. The lowest BCUT2D eigenvalue weighted by atomic mass is 9.87. The third-order valence-corrected chi connectivity index (χ3v) is 2.10. The molecule has 0 aliphatic carbocycles. The Hall–Kier alpha value is -0.900. The first-order valence-electron chi connectivity index (χ1n) is 4.62. The number of nitrogens with zero attached hydrogens (tertiary/aromatic N) is 2. The Bertz CT molecular complexity index is 271. The Labute approximate surface area is 78.9 Å². The van der Waals surface area contributed by atoms with Crippen molar-refractivity contribution in [3.8, 4) is 0 Å². The minimum Gasteiger partial charge on any atom is -0.321 e. The van der Waals surface area contributed by atoms with E-state index in [1.54, 1.807) is 0 Å². The normalized spacial score (nSPS) is 14.5. The summed E-state index contributed by atoms with van der Waals surface area (Å²) in [5.41, 5.74) is 6.00. The van der Waals surface area contributed by atoms with E-state index in [4.69, 9.17) is 5.73 Å². The van der Waals surface area contributed by atoms with Crippen LogP contribution >= 0.6 is 0 Å². The molecule has 3 N–H and O–H groups in total. The van der Waals surface area contributed by atoms with E-state index in [-0.39, 0.29) is 11.5 Å². The van der Waals surface area contributed by atoms with Crippen molar-refractivity contribution in [3.05, 3.63) is 11.6 Å². The predicted molar refractivity (Wildman–Crippen MR) is 52.1 cm³/mol. The van der Waals surface area contributed by atoms with Gasteiger partial charge in [0, 0.05) is 6.42 Å². The minimum atomic E-state index is -0.107. The van der Waals surface area contributed by atoms with Gasteiger partial charge >= 0.3 is 0 Å². The third-order valence-electron chi connectivity index (χ3n) is 2.10. The Kier molecular flexibility index (Phi) is 2.71. The molecule has 74 valence electrons. The highest BCUT2D eigenvalue weighted by Gasteiger charge is 2.25. The molecule has 1 aromatic rings. The zero-order chi connectivity index (χ0) is 10.1. The van der Waals surface area contributed by atoms with E-state index in [0.717, 1.165) is 12.2 Å². The molecule has 0 aromatic carbocycles. The maximum absolute atomic E-state index is 6.00. The average molecular weight is 182 g/mol. The Morgan fingerprint density at radius 1 is 1.46 bits per heavy atom. The molecule has 1 aromatic heterocycles. The number of aromatic amines is 1. The van der Waals surface area contributed by atoms with Crippen LogP contribution in [-0.4, -0.2) is 15.2 Å². The Balaban J connectivity index is 2.83. The van der Waals surface area contributed by atoms with Gasteiger partial charge in [-0.05, 0) is 5.41 Å². The number of hydrogen-bond donors (Lipinski definition) is 2. The molecule has 0 amide bonds. The highest BCUT2D eigenvalue weighted by atomic mass is 15.2. The zero-order valence-electron chi connectivity index (χ0n) is 8.76. The second-order valence-corrected chi connectivity index (χ2v) is 4.34. The number of aryl methyl sites for hydroxylation is 1. The van der Waals surface area contributed by atoms with E-state index in [2.05, 4.69) is 36.0 Å². The van der Waals surface area contributed by atoms with Crippen molar-refractivity contribution in [1.29, 1.82) is 0 Å². The quantitative estimate of drug-likeness (QED) is 0.726. The largest absolute Gasteiger partial charge is 0.321 e. The van der Waals surface area contributed by atoms with Crippen LogP contribution in [-0.2, 0) is 6.42 Å². The summed E-state index contributed by atoms with van der Waals surface area (Å²) in [6.45, 7) is 8.28. The van der Waals surface area contributed by atoms with E-state index in [9.17, 15) is 0 Å². The second kappa shape index (κ2) is 3.46. The zero-order valence-corrected chi connectivity index (χ0v) is 8.76. The van der Waals surface area contributed by atoms with Gasteiger partial charge in [0.05, 0.1) is 6.04 Å². The lowest BCUT2D eigenvalue weighted by molar-refractivity contribution is 0.316. The molecule has 0 unspecified atom stereocenters. The minimum absolute atomic E-state index is 0.00715. The van der Waals surface area contributed by atoms with Gasteiger partial charge in [-0.25, -0.2) is 4.98 Å². The molecule has 0 bridgehead atoms. The fourth-order valence-electron chi connectivity index (χ4n) is 0.995. The van der Waals surface area contributed by atoms with Gasteiger partial charge in [-0.2, -0.15) is 5.10 Å². The van der Waals surface area contributed by atoms with Gasteiger partial charge in [-0.1, -0.05) is 27.7 Å². The van der Waals surface area contributed by atoms with E-state index in [1.807, 2.05) is 6.92 Å². The van der Waals surface area contributed by atoms with Crippen molar-refractivity contribution in [2.24, 2.45) is 11.1 Å². The fraction of sp³-hybridized carbons (Fsp3) is 0.778. The number of nitrogens with one attached hydrogen (secondary N) is 1. The van der Waals surface area contributed by atoms with E-state index < -0.39 is 0 Å². The van der Waals surface area contributed by atoms with Gasteiger partial charge in [-0.3, -0.25) is 5.10 Å². The van der Waals surface area contributed by atoms with Gasteiger partial charge in [0.25, 0.3) is 0 Å². The molecule has 1 atom stereocenters. The molecular weight excluding hydrogens is 164 g/mol. The molecule has 0 fully saturated rings. The highest BCUT2D eigenvalue weighted by Crippen LogP contribution is 2.27. The molecule has 0 radical (unpaired) electrons. The van der Waals surface area contributed by atoms with Gasteiger partial charge < -0.3 is 5.73 Å². The van der Waals surface area contributed by atoms with Crippen LogP contribution in [0, 0.1) is 5.41 Å². The molecule has 13 heavy (non-hydrogen) atoms. The molecule has 0 saturated carbocycles. The van der Waals surface area contributed by atoms with Crippen molar-refractivity contribution in [1.82, 2.24) is 15.2 Å². The van der Waals surface area contributed by atoms with Crippen LogP contribution in [0.1, 0.15) is 45.4 Å². The summed E-state index contributed by atoms with van der Waals surface area (Å²) in [6.07, 6.45) is 0.865. The summed E-state index contributed by atoms with van der Waals surface area (Å²) in [5.74, 6) is 1.61. The van der Waals surface area contributed by atoms with Crippen molar-refractivity contribution in [3.63, 3.8) is 0 Å². The number of hydrogen-bond acceptors (Lipinski definition) is 3. The van der Waals surface area contributed by atoms with E-state index in [0.29, 0.717) is 5.82 Å². The summed E-state index contributed by atoms with van der Waals surface area (Å²) in [6, 6.07) is -0.107. The number of nitrogens with two attached hydrogens (primary N) is 1. The van der Waals surface area contributed by atoms with Gasteiger partial charge in [0.2, 0.25) is 0 Å². The lowest BCUT2D eigenvalue weighted by Crippen LogP contribution is -2.27. The first kappa shape index (κ1) is 10.2. The van der Waals surface area contributed by atoms with Crippen molar-refractivity contribution in [2.45, 2.75) is 40.2 Å². The summed E-state index contributed by atoms with van der Waals surface area (Å²) in [4.78, 5) is 4.30. The maximum atomic E-state index is 6.00. The fourth-order valence-corrected chi connectivity index (χ4v) is 0.995. The molecule has 4 nitrogen and oxygen atoms in total. The lowest BCUT2D eigenvalue weighted by Gasteiger charge is -2.24. The van der Waals surface area contributed by atoms with Crippen LogP contribution in [0.15, 0.2) is 0 Å². The topological polar surface area (TPSA) is 67.6 Å². The molecule has 1 rings (SSSR count). The van der Waals surface area contributed by atoms with Crippen LogP contribution < -0.4 is 5.73 Å². The highest BCUT2D eigenvalue weighted by molar-refractivity contribution is 4.99. The monoisotopic (exact) mass is 182 g/mol. The standard InChI is InChI=1S/C9H18N4/c1-5-6-11-8(13-12-6)7(10)9(2,3)4/h7H,5,10H2,1-4H3,(H,11,12,13)/t7-/m1/s1. The van der Waals surface area contributed by atoms with Gasteiger partial charge in [0.1, 0.15) is 5.82 Å². The number of H-pyrrole nitrogens is 1. The summed E-state index contributed by atoms with van der Waals surface area (Å²) in [5, 5.41) is 6.96. The second-order valence-electron chi connectivity index (χ2n) is 4.34. The Morgan fingerprint density at radius 3 is 2.46 bits per heavy atom. The van der Waals surface area contributed by atoms with Crippen LogP contribution in [0.5, 0.6) is 0 Å². The van der Waals surface area contributed by atoms with E-state index >= 15 is 0 Å². The van der Waals surface area contributed by atoms with Crippen LogP contribution in [0.3, 0.4) is 0 Å². The first-order valence-corrected chi connectivity index (χ1v) is 4.62. The maximum Gasteiger partial charge on any atom is 0.167 e. The summed E-state index contributed by atoms with van der Waals surface area (Å²) < 4.78 is 0. The molecule has 1 heterocycles. The van der Waals surface area contributed by atoms with E-state index in [1.165, 1.54) is 0 Å². The predicted octanol–water partition coefficient (Wildman–Crippen LogP) is 1.41. The van der Waals surface area contributed by atoms with Crippen molar-refractivity contribution < 1.29 is 0 Å². The van der Waals surface area contributed by atoms with Gasteiger partial charge in [-0.15, -0.1) is 0 Å². The molecular formula is C9H18N4. The van der Waals surface area contributed by atoms with Crippen LogP contribution in [0.4, 0.5) is 0 Å². The van der Waals surface area contributed by atoms with Crippen LogP contribution in [0.2, 0.25) is 0 Å². The Morgan fingerprint density at radius 2 is 2.08 bits per heavy atom. The molecule has 0 aliphatic heterocycles. The third kappa shape index (κ3) is 2.28. The first-order chi connectivity index (χ1) is 5.95. The molecule has 4 heteroatoms. The summed E-state index contributed by atoms with van der Waals surface area (Å²) in [7, 11) is 0. The van der Waals surface area contributed by atoms with Crippen LogP contribution in [0.25, 0.3) is 0 Å². The van der Waals surface area contributed by atoms with Gasteiger partial charge in [0.15, 0.2) is 5.82 Å².